The van der Waals surface area contributed by atoms with Gasteiger partial charge in [0.2, 0.25) is 0 Å². The van der Waals surface area contributed by atoms with E-state index in [2.05, 4.69) is 21.2 Å². The van der Waals surface area contributed by atoms with E-state index in [9.17, 15) is 4.39 Å². The smallest absolute Gasteiger partial charge is 0.137 e. The summed E-state index contributed by atoms with van der Waals surface area (Å²) in [6, 6.07) is 13.1. The van der Waals surface area contributed by atoms with Crippen LogP contribution in [0.25, 0.3) is 11.1 Å². The molecule has 112 valence electrons. The van der Waals surface area contributed by atoms with Crippen LogP contribution in [0.2, 0.25) is 0 Å². The lowest BCUT2D eigenvalue weighted by atomic mass is 10.00. The summed E-state index contributed by atoms with van der Waals surface area (Å²) >= 11 is 3.18. The summed E-state index contributed by atoms with van der Waals surface area (Å²) in [6.07, 6.45) is 0.978. The fourth-order valence-electron chi connectivity index (χ4n) is 2.12. The van der Waals surface area contributed by atoms with Gasteiger partial charge in [0.1, 0.15) is 5.82 Å². The first-order valence-electron chi connectivity index (χ1n) is 6.98. The molecule has 0 bridgehead atoms. The minimum absolute atomic E-state index is 0.253. The van der Waals surface area contributed by atoms with E-state index in [1.807, 2.05) is 37.4 Å². The Morgan fingerprint density at radius 2 is 2.00 bits per heavy atom. The highest BCUT2D eigenvalue weighted by molar-refractivity contribution is 9.10. The van der Waals surface area contributed by atoms with Crippen molar-refractivity contribution in [3.8, 4) is 11.1 Å². The fraction of sp³-hybridized carbons (Fsp3) is 0.294. The zero-order chi connectivity index (χ0) is 15.1. The monoisotopic (exact) mass is 351 g/mol. The maximum atomic E-state index is 13.7. The molecule has 0 saturated carbocycles. The van der Waals surface area contributed by atoms with Crippen molar-refractivity contribution in [1.29, 1.82) is 0 Å². The van der Waals surface area contributed by atoms with Crippen molar-refractivity contribution in [2.45, 2.75) is 13.0 Å². The van der Waals surface area contributed by atoms with Gasteiger partial charge in [0.15, 0.2) is 0 Å². The van der Waals surface area contributed by atoms with Gasteiger partial charge in [-0.05, 0) is 64.8 Å². The third-order valence-corrected chi connectivity index (χ3v) is 3.86. The minimum atomic E-state index is -0.253. The summed E-state index contributed by atoms with van der Waals surface area (Å²) in [5.74, 6) is -0.253. The highest BCUT2D eigenvalue weighted by Gasteiger charge is 2.07. The summed E-state index contributed by atoms with van der Waals surface area (Å²) in [5.41, 5.74) is 2.95. The lowest BCUT2D eigenvalue weighted by molar-refractivity contribution is 0.119. The van der Waals surface area contributed by atoms with E-state index in [4.69, 9.17) is 4.74 Å². The normalized spacial score (nSPS) is 10.8. The molecule has 0 atom stereocenters. The summed E-state index contributed by atoms with van der Waals surface area (Å²) in [5, 5.41) is 3.09. The van der Waals surface area contributed by atoms with E-state index in [1.54, 1.807) is 12.1 Å². The van der Waals surface area contributed by atoms with E-state index in [0.717, 1.165) is 29.7 Å². The zero-order valence-electron chi connectivity index (χ0n) is 12.0. The maximum Gasteiger partial charge on any atom is 0.137 e. The van der Waals surface area contributed by atoms with Gasteiger partial charge in [0, 0.05) is 6.61 Å². The molecule has 2 aromatic carbocycles. The van der Waals surface area contributed by atoms with Crippen LogP contribution in [0.3, 0.4) is 0 Å². The van der Waals surface area contributed by atoms with E-state index >= 15 is 0 Å². The molecule has 4 heteroatoms. The number of halogens is 2. The van der Waals surface area contributed by atoms with Gasteiger partial charge < -0.3 is 10.1 Å². The Morgan fingerprint density at radius 1 is 1.19 bits per heavy atom. The third-order valence-electron chi connectivity index (χ3n) is 3.22. The van der Waals surface area contributed by atoms with Crippen molar-refractivity contribution in [2.75, 3.05) is 20.2 Å². The van der Waals surface area contributed by atoms with Crippen LogP contribution < -0.4 is 5.32 Å². The average Bonchev–Trinajstić information content (AvgIpc) is 2.50. The van der Waals surface area contributed by atoms with Gasteiger partial charge in [-0.1, -0.05) is 30.3 Å². The fourth-order valence-corrected chi connectivity index (χ4v) is 2.37. The molecule has 0 aliphatic carbocycles. The summed E-state index contributed by atoms with van der Waals surface area (Å²) in [4.78, 5) is 0. The predicted octanol–water partition coefficient (Wildman–Crippen LogP) is 4.38. The summed E-state index contributed by atoms with van der Waals surface area (Å²) < 4.78 is 19.9. The molecule has 0 fully saturated rings. The molecule has 0 radical (unpaired) electrons. The van der Waals surface area contributed by atoms with Crippen LogP contribution in [-0.2, 0) is 11.3 Å². The van der Waals surface area contributed by atoms with E-state index in [-0.39, 0.29) is 5.82 Å². The van der Waals surface area contributed by atoms with Gasteiger partial charge in [-0.15, -0.1) is 0 Å². The highest BCUT2D eigenvalue weighted by Crippen LogP contribution is 2.27. The quantitative estimate of drug-likeness (QED) is 0.747. The van der Waals surface area contributed by atoms with Crippen LogP contribution in [0.4, 0.5) is 4.39 Å². The minimum Gasteiger partial charge on any atom is -0.377 e. The molecule has 2 rings (SSSR count). The Hall–Kier alpha value is -1.23. The largest absolute Gasteiger partial charge is 0.377 e. The van der Waals surface area contributed by atoms with Crippen molar-refractivity contribution in [1.82, 2.24) is 5.32 Å². The van der Waals surface area contributed by atoms with Crippen LogP contribution in [0.1, 0.15) is 12.0 Å². The topological polar surface area (TPSA) is 21.3 Å². The van der Waals surface area contributed by atoms with Gasteiger partial charge in [-0.25, -0.2) is 4.39 Å². The molecular formula is C17H19BrFNO. The van der Waals surface area contributed by atoms with Gasteiger partial charge >= 0.3 is 0 Å². The molecule has 0 unspecified atom stereocenters. The second-order valence-corrected chi connectivity index (χ2v) is 5.65. The average molecular weight is 352 g/mol. The van der Waals surface area contributed by atoms with Gasteiger partial charge in [-0.3, -0.25) is 0 Å². The highest BCUT2D eigenvalue weighted by atomic mass is 79.9. The first-order valence-corrected chi connectivity index (χ1v) is 7.77. The Morgan fingerprint density at radius 3 is 2.76 bits per heavy atom. The Balaban J connectivity index is 2.11. The maximum absolute atomic E-state index is 13.7. The number of rotatable bonds is 7. The first kappa shape index (κ1) is 16.1. The lowest BCUT2D eigenvalue weighted by Gasteiger charge is -2.11. The second kappa shape index (κ2) is 8.27. The lowest BCUT2D eigenvalue weighted by Crippen LogP contribution is -2.10. The molecule has 2 nitrogen and oxygen atoms in total. The first-order chi connectivity index (χ1) is 10.2. The molecule has 2 aromatic rings. The summed E-state index contributed by atoms with van der Waals surface area (Å²) in [6.45, 7) is 2.20. The number of hydrogen-bond donors (Lipinski definition) is 1. The molecule has 0 saturated heterocycles. The molecule has 0 amide bonds. The van der Waals surface area contributed by atoms with Crippen LogP contribution in [0.15, 0.2) is 46.9 Å². The molecule has 1 N–H and O–H groups in total. The van der Waals surface area contributed by atoms with E-state index in [0.29, 0.717) is 17.7 Å². The SMILES string of the molecule is CNCCCOCc1ccccc1-c1ccc(Br)c(F)c1. The number of benzene rings is 2. The summed E-state index contributed by atoms with van der Waals surface area (Å²) in [7, 11) is 1.93. The number of ether oxygens (including phenoxy) is 1. The van der Waals surface area contributed by atoms with Gasteiger partial charge in [-0.2, -0.15) is 0 Å². The van der Waals surface area contributed by atoms with Crippen molar-refractivity contribution >= 4 is 15.9 Å². The van der Waals surface area contributed by atoms with Crippen molar-refractivity contribution in [3.05, 3.63) is 58.3 Å². The zero-order valence-corrected chi connectivity index (χ0v) is 13.6. The van der Waals surface area contributed by atoms with Crippen molar-refractivity contribution in [3.63, 3.8) is 0 Å². The van der Waals surface area contributed by atoms with Crippen molar-refractivity contribution < 1.29 is 9.13 Å². The molecule has 0 aromatic heterocycles. The Bertz CT molecular complexity index is 589. The van der Waals surface area contributed by atoms with Crippen LogP contribution in [0, 0.1) is 5.82 Å². The van der Waals surface area contributed by atoms with Crippen LogP contribution >= 0.6 is 15.9 Å². The standard InChI is InChI=1S/C17H19BrFNO/c1-20-9-4-10-21-12-14-5-2-3-6-15(14)13-7-8-16(18)17(19)11-13/h2-3,5-8,11,20H,4,9-10,12H2,1H3. The Labute approximate surface area is 133 Å². The van der Waals surface area contributed by atoms with Gasteiger partial charge in [0.25, 0.3) is 0 Å². The third kappa shape index (κ3) is 4.63. The Kier molecular flexibility index (Phi) is 6.36. The van der Waals surface area contributed by atoms with Crippen LogP contribution in [0.5, 0.6) is 0 Å². The molecular weight excluding hydrogens is 333 g/mol. The van der Waals surface area contributed by atoms with Gasteiger partial charge in [0.05, 0.1) is 11.1 Å². The van der Waals surface area contributed by atoms with Crippen molar-refractivity contribution in [2.24, 2.45) is 0 Å². The van der Waals surface area contributed by atoms with E-state index < -0.39 is 0 Å². The second-order valence-electron chi connectivity index (χ2n) is 4.80. The molecule has 0 aliphatic heterocycles. The molecule has 21 heavy (non-hydrogen) atoms. The van der Waals surface area contributed by atoms with E-state index in [1.165, 1.54) is 0 Å². The predicted molar refractivity (Wildman–Crippen MR) is 87.7 cm³/mol. The molecule has 0 heterocycles. The number of nitrogens with one attached hydrogen (secondary N) is 1. The molecule has 0 spiro atoms. The number of hydrogen-bond acceptors (Lipinski definition) is 2. The van der Waals surface area contributed by atoms with Crippen LogP contribution in [-0.4, -0.2) is 20.2 Å². The molecule has 0 aliphatic rings.